The van der Waals surface area contributed by atoms with Crippen molar-refractivity contribution in [3.05, 3.63) is 129 Å². The summed E-state index contributed by atoms with van der Waals surface area (Å²) in [5, 5.41) is 1.38. The molecule has 248 valence electrons. The number of hydrogen-bond donors (Lipinski definition) is 0. The molecular formula is C38H40Cl3NO4S. The van der Waals surface area contributed by atoms with Crippen LogP contribution >= 0.6 is 47.4 Å². The number of rotatable bonds is 9. The molecule has 1 heterocycles. The van der Waals surface area contributed by atoms with E-state index in [1.807, 2.05) is 17.8 Å². The van der Waals surface area contributed by atoms with Gasteiger partial charge in [-0.05, 0) is 138 Å². The van der Waals surface area contributed by atoms with Crippen LogP contribution in [0.15, 0.2) is 107 Å². The highest BCUT2D eigenvalue weighted by molar-refractivity contribution is 7.99. The van der Waals surface area contributed by atoms with E-state index in [9.17, 15) is 9.59 Å². The first kappa shape index (κ1) is 38.2. The van der Waals surface area contributed by atoms with Gasteiger partial charge < -0.3 is 14.4 Å². The van der Waals surface area contributed by atoms with Crippen molar-refractivity contribution in [2.45, 2.75) is 55.6 Å². The van der Waals surface area contributed by atoms with Crippen molar-refractivity contribution in [2.75, 3.05) is 20.6 Å². The maximum atomic E-state index is 12.4. The highest BCUT2D eigenvalue weighted by Gasteiger charge is 2.32. The summed E-state index contributed by atoms with van der Waals surface area (Å²) < 4.78 is 10.9. The van der Waals surface area contributed by atoms with E-state index in [-0.39, 0.29) is 24.3 Å². The number of carbonyl (C=O) groups excluding carboxylic acids is 2. The molecule has 4 aromatic rings. The van der Waals surface area contributed by atoms with E-state index in [1.54, 1.807) is 76.2 Å². The molecule has 5 rings (SSSR count). The van der Waals surface area contributed by atoms with Crippen LogP contribution in [0.1, 0.15) is 61.2 Å². The zero-order chi connectivity index (χ0) is 33.4. The SMILES string of the molecule is CC(C)OC(=O)C(C)(C)Oc1ccc(C(=O)c2ccc(Cl)cc2)cc1.CN(C)CCC=C1c2ccccc2Sc2ccc(Cl)cc21.Cl. The highest BCUT2D eigenvalue weighted by Crippen LogP contribution is 2.46. The van der Waals surface area contributed by atoms with Gasteiger partial charge in [0.15, 0.2) is 11.4 Å². The monoisotopic (exact) mass is 711 g/mol. The second-order valence-electron chi connectivity index (χ2n) is 11.9. The third kappa shape index (κ3) is 10.6. The molecule has 0 amide bonds. The van der Waals surface area contributed by atoms with Gasteiger partial charge in [-0.3, -0.25) is 4.79 Å². The third-order valence-electron chi connectivity index (χ3n) is 6.98. The Morgan fingerprint density at radius 2 is 1.40 bits per heavy atom. The maximum Gasteiger partial charge on any atom is 0.350 e. The van der Waals surface area contributed by atoms with Crippen molar-refractivity contribution in [2.24, 2.45) is 0 Å². The predicted octanol–water partition coefficient (Wildman–Crippen LogP) is 10.3. The quantitative estimate of drug-likeness (QED) is 0.112. The molecule has 0 fully saturated rings. The van der Waals surface area contributed by atoms with Crippen molar-refractivity contribution < 1.29 is 19.1 Å². The van der Waals surface area contributed by atoms with Crippen molar-refractivity contribution in [3.63, 3.8) is 0 Å². The molecule has 0 radical (unpaired) electrons. The molecule has 9 heteroatoms. The Morgan fingerprint density at radius 3 is 2.02 bits per heavy atom. The fourth-order valence-corrected chi connectivity index (χ4v) is 6.05. The van der Waals surface area contributed by atoms with Crippen LogP contribution in [0, 0.1) is 0 Å². The minimum absolute atomic E-state index is 0. The van der Waals surface area contributed by atoms with Crippen LogP contribution in [0.3, 0.4) is 0 Å². The summed E-state index contributed by atoms with van der Waals surface area (Å²) >= 11 is 13.9. The van der Waals surface area contributed by atoms with E-state index in [4.69, 9.17) is 32.7 Å². The smallest absolute Gasteiger partial charge is 0.350 e. The van der Waals surface area contributed by atoms with Gasteiger partial charge in [-0.2, -0.15) is 0 Å². The van der Waals surface area contributed by atoms with E-state index >= 15 is 0 Å². The molecule has 0 saturated carbocycles. The van der Waals surface area contributed by atoms with E-state index < -0.39 is 11.6 Å². The van der Waals surface area contributed by atoms with Crippen LogP contribution in [-0.4, -0.2) is 49.0 Å². The number of ether oxygens (including phenoxy) is 2. The van der Waals surface area contributed by atoms with Crippen LogP contribution in [0.25, 0.3) is 5.57 Å². The summed E-state index contributed by atoms with van der Waals surface area (Å²) in [5.74, 6) is -0.0659. The van der Waals surface area contributed by atoms with Gasteiger partial charge >= 0.3 is 5.97 Å². The number of fused-ring (bicyclic) bond motifs is 2. The first-order valence-electron chi connectivity index (χ1n) is 15.1. The maximum absolute atomic E-state index is 12.4. The molecule has 0 saturated heterocycles. The minimum atomic E-state index is -1.12. The molecule has 47 heavy (non-hydrogen) atoms. The summed E-state index contributed by atoms with van der Waals surface area (Å²) in [4.78, 5) is 29.3. The molecule has 5 nitrogen and oxygen atoms in total. The second-order valence-corrected chi connectivity index (χ2v) is 13.8. The average molecular weight is 713 g/mol. The second kappa shape index (κ2) is 17.2. The van der Waals surface area contributed by atoms with Gasteiger partial charge in [0.1, 0.15) is 5.75 Å². The fourth-order valence-electron chi connectivity index (χ4n) is 4.66. The number of benzene rings is 4. The number of halogens is 3. The van der Waals surface area contributed by atoms with Crippen LogP contribution in [0.4, 0.5) is 0 Å². The largest absolute Gasteiger partial charge is 0.476 e. The van der Waals surface area contributed by atoms with Crippen molar-refractivity contribution in [1.82, 2.24) is 4.90 Å². The summed E-state index contributed by atoms with van der Waals surface area (Å²) in [5.41, 5.74) is 3.84. The molecule has 0 atom stereocenters. The van der Waals surface area contributed by atoms with Crippen molar-refractivity contribution in [3.8, 4) is 5.75 Å². The van der Waals surface area contributed by atoms with E-state index in [1.165, 1.54) is 26.5 Å². The van der Waals surface area contributed by atoms with Crippen molar-refractivity contribution >= 4 is 64.7 Å². The number of carbonyl (C=O) groups is 2. The molecule has 0 N–H and O–H groups in total. The topological polar surface area (TPSA) is 55.8 Å². The number of esters is 1. The normalized spacial score (nSPS) is 12.8. The van der Waals surface area contributed by atoms with Gasteiger partial charge in [0.25, 0.3) is 0 Å². The Kier molecular flexibility index (Phi) is 14.0. The lowest BCUT2D eigenvalue weighted by atomic mass is 9.96. The third-order valence-corrected chi connectivity index (χ3v) is 8.62. The lowest BCUT2D eigenvalue weighted by molar-refractivity contribution is -0.163. The van der Waals surface area contributed by atoms with Gasteiger partial charge in [-0.15, -0.1) is 12.4 Å². The van der Waals surface area contributed by atoms with E-state index in [0.29, 0.717) is 21.9 Å². The van der Waals surface area contributed by atoms with Gasteiger partial charge in [0, 0.05) is 37.5 Å². The van der Waals surface area contributed by atoms with Gasteiger partial charge in [-0.1, -0.05) is 59.2 Å². The number of nitrogens with zero attached hydrogens (tertiary/aromatic N) is 1. The molecule has 0 aliphatic carbocycles. The molecule has 0 aromatic heterocycles. The molecule has 4 aromatic carbocycles. The average Bonchev–Trinajstić information content (AvgIpc) is 3.01. The molecule has 0 unspecified atom stereocenters. The first-order chi connectivity index (χ1) is 21.8. The number of hydrogen-bond acceptors (Lipinski definition) is 6. The Hall–Kier alpha value is -3.26. The van der Waals surface area contributed by atoms with E-state index in [2.05, 4.69) is 61.5 Å². The minimum Gasteiger partial charge on any atom is -0.476 e. The zero-order valence-corrected chi connectivity index (χ0v) is 30.5. The highest BCUT2D eigenvalue weighted by atomic mass is 35.5. The van der Waals surface area contributed by atoms with E-state index in [0.717, 1.165) is 18.0 Å². The fraction of sp³-hybridized carbons (Fsp3) is 0.263. The molecule has 1 aliphatic heterocycles. The molecule has 0 spiro atoms. The number of ketones is 1. The van der Waals surface area contributed by atoms with Gasteiger partial charge in [-0.25, -0.2) is 4.79 Å². The zero-order valence-electron chi connectivity index (χ0n) is 27.4. The Bertz CT molecular complexity index is 1700. The lowest BCUT2D eigenvalue weighted by Crippen LogP contribution is -2.40. The standard InChI is InChI=1S/C20H21ClO4.C18H18ClNS.ClH/c1-13(2)24-19(23)20(3,4)25-17-11-7-15(8-12-17)18(22)14-5-9-16(21)10-6-14;1-20(2)11-5-7-14-15-6-3-4-8-17(15)21-18-10-9-13(19)12-16(14)18;/h5-13H,1-4H3;3-4,6-10,12H,5,11H2,1-2H3;1H. The Balaban J connectivity index is 0.000000253. The Labute approximate surface area is 298 Å². The summed E-state index contributed by atoms with van der Waals surface area (Å²) in [7, 11) is 4.21. The lowest BCUT2D eigenvalue weighted by Gasteiger charge is -2.25. The van der Waals surface area contributed by atoms with Gasteiger partial charge in [0.2, 0.25) is 0 Å². The van der Waals surface area contributed by atoms with Crippen LogP contribution in [0.5, 0.6) is 5.75 Å². The summed E-state index contributed by atoms with van der Waals surface area (Å²) in [6.45, 7) is 7.90. The van der Waals surface area contributed by atoms with Gasteiger partial charge in [0.05, 0.1) is 6.10 Å². The van der Waals surface area contributed by atoms with Crippen LogP contribution in [0.2, 0.25) is 10.0 Å². The summed E-state index contributed by atoms with van der Waals surface area (Å²) in [6.07, 6.45) is 3.16. The molecule has 0 bridgehead atoms. The molecule has 1 aliphatic rings. The Morgan fingerprint density at radius 1 is 0.830 bits per heavy atom. The van der Waals surface area contributed by atoms with Crippen LogP contribution in [-0.2, 0) is 9.53 Å². The molecular weight excluding hydrogens is 673 g/mol. The predicted molar refractivity (Wildman–Crippen MR) is 197 cm³/mol. The summed E-state index contributed by atoms with van der Waals surface area (Å²) in [6, 6.07) is 28.1. The van der Waals surface area contributed by atoms with Crippen molar-refractivity contribution in [1.29, 1.82) is 0 Å². The first-order valence-corrected chi connectivity index (χ1v) is 16.6. The van der Waals surface area contributed by atoms with Crippen LogP contribution < -0.4 is 4.74 Å².